The number of aryl methyl sites for hydroxylation is 1. The molecule has 1 fully saturated rings. The van der Waals surface area contributed by atoms with Crippen LogP contribution in [-0.2, 0) is 6.42 Å². The third kappa shape index (κ3) is 3.95. The van der Waals surface area contributed by atoms with Crippen molar-refractivity contribution in [3.63, 3.8) is 0 Å². The van der Waals surface area contributed by atoms with Crippen LogP contribution in [0, 0.1) is 0 Å². The van der Waals surface area contributed by atoms with Gasteiger partial charge in [0, 0.05) is 18.5 Å². The fourth-order valence-corrected chi connectivity index (χ4v) is 2.75. The van der Waals surface area contributed by atoms with Gasteiger partial charge < -0.3 is 5.32 Å². The van der Waals surface area contributed by atoms with Gasteiger partial charge in [-0.05, 0) is 35.2 Å². The standard InChI is InChI=1S/C13H20BrN3/c1-2-6-12-16-11(14)9-13(17-12)15-10-7-4-3-5-8-10/h9-10H,2-8H2,1H3,(H,15,16,17). The van der Waals surface area contributed by atoms with Crippen LogP contribution in [0.2, 0.25) is 0 Å². The van der Waals surface area contributed by atoms with E-state index in [1.54, 1.807) is 0 Å². The molecule has 17 heavy (non-hydrogen) atoms. The minimum atomic E-state index is 0.597. The molecular weight excluding hydrogens is 278 g/mol. The molecule has 1 aliphatic carbocycles. The SMILES string of the molecule is CCCc1nc(Br)cc(NC2CCCCC2)n1. The number of hydrogen-bond acceptors (Lipinski definition) is 3. The van der Waals surface area contributed by atoms with E-state index in [4.69, 9.17) is 0 Å². The maximum atomic E-state index is 4.57. The Morgan fingerprint density at radius 2 is 2.06 bits per heavy atom. The minimum Gasteiger partial charge on any atom is -0.367 e. The first kappa shape index (κ1) is 12.8. The highest BCUT2D eigenvalue weighted by Crippen LogP contribution is 2.22. The second-order valence-corrected chi connectivity index (χ2v) is 5.53. The Labute approximate surface area is 112 Å². The third-order valence-corrected chi connectivity index (χ3v) is 3.58. The minimum absolute atomic E-state index is 0.597. The average molecular weight is 298 g/mol. The maximum Gasteiger partial charge on any atom is 0.132 e. The zero-order valence-electron chi connectivity index (χ0n) is 10.4. The second-order valence-electron chi connectivity index (χ2n) is 4.72. The lowest BCUT2D eigenvalue weighted by molar-refractivity contribution is 0.461. The molecule has 0 unspecified atom stereocenters. The lowest BCUT2D eigenvalue weighted by Crippen LogP contribution is -2.23. The molecule has 0 saturated heterocycles. The van der Waals surface area contributed by atoms with Crippen LogP contribution in [0.3, 0.4) is 0 Å². The molecule has 1 aromatic rings. The van der Waals surface area contributed by atoms with Crippen molar-refractivity contribution in [3.05, 3.63) is 16.5 Å². The van der Waals surface area contributed by atoms with Crippen LogP contribution in [0.15, 0.2) is 10.7 Å². The third-order valence-electron chi connectivity index (χ3n) is 3.17. The van der Waals surface area contributed by atoms with Gasteiger partial charge in [-0.25, -0.2) is 9.97 Å². The molecule has 0 amide bonds. The van der Waals surface area contributed by atoms with E-state index in [2.05, 4.69) is 38.1 Å². The number of rotatable bonds is 4. The van der Waals surface area contributed by atoms with Gasteiger partial charge in [0.2, 0.25) is 0 Å². The summed E-state index contributed by atoms with van der Waals surface area (Å²) >= 11 is 3.46. The molecule has 1 N–H and O–H groups in total. The molecule has 0 aromatic carbocycles. The smallest absolute Gasteiger partial charge is 0.132 e. The number of aromatic nitrogens is 2. The fourth-order valence-electron chi connectivity index (χ4n) is 2.33. The van der Waals surface area contributed by atoms with E-state index in [0.717, 1.165) is 29.1 Å². The van der Waals surface area contributed by atoms with E-state index >= 15 is 0 Å². The summed E-state index contributed by atoms with van der Waals surface area (Å²) in [5.41, 5.74) is 0. The summed E-state index contributed by atoms with van der Waals surface area (Å²) in [4.78, 5) is 8.95. The summed E-state index contributed by atoms with van der Waals surface area (Å²) in [6.45, 7) is 2.15. The van der Waals surface area contributed by atoms with Crippen molar-refractivity contribution in [1.82, 2.24) is 9.97 Å². The molecule has 1 heterocycles. The molecule has 94 valence electrons. The topological polar surface area (TPSA) is 37.8 Å². The molecule has 0 radical (unpaired) electrons. The van der Waals surface area contributed by atoms with Crippen LogP contribution in [0.1, 0.15) is 51.3 Å². The molecule has 1 saturated carbocycles. The molecule has 4 heteroatoms. The molecule has 0 spiro atoms. The van der Waals surface area contributed by atoms with Gasteiger partial charge in [0.1, 0.15) is 16.2 Å². The molecule has 0 atom stereocenters. The Kier molecular flexibility index (Phi) is 4.77. The maximum absolute atomic E-state index is 4.57. The van der Waals surface area contributed by atoms with Gasteiger partial charge in [-0.15, -0.1) is 0 Å². The average Bonchev–Trinajstić information content (AvgIpc) is 2.30. The van der Waals surface area contributed by atoms with E-state index < -0.39 is 0 Å². The summed E-state index contributed by atoms with van der Waals surface area (Å²) in [6.07, 6.45) is 8.62. The van der Waals surface area contributed by atoms with Gasteiger partial charge >= 0.3 is 0 Å². The number of halogens is 1. The summed E-state index contributed by atoms with van der Waals surface area (Å²) < 4.78 is 0.884. The number of anilines is 1. The first-order valence-corrected chi connectivity index (χ1v) is 7.37. The van der Waals surface area contributed by atoms with Crippen LogP contribution in [0.4, 0.5) is 5.82 Å². The van der Waals surface area contributed by atoms with Crippen molar-refractivity contribution in [2.45, 2.75) is 57.9 Å². The van der Waals surface area contributed by atoms with Gasteiger partial charge in [-0.2, -0.15) is 0 Å². The summed E-state index contributed by atoms with van der Waals surface area (Å²) in [6, 6.07) is 2.58. The summed E-state index contributed by atoms with van der Waals surface area (Å²) in [5, 5.41) is 3.54. The van der Waals surface area contributed by atoms with Gasteiger partial charge in [0.05, 0.1) is 0 Å². The van der Waals surface area contributed by atoms with Crippen molar-refractivity contribution in [2.24, 2.45) is 0 Å². The van der Waals surface area contributed by atoms with Crippen LogP contribution >= 0.6 is 15.9 Å². The summed E-state index contributed by atoms with van der Waals surface area (Å²) in [7, 11) is 0. The Bertz CT molecular complexity index is 362. The van der Waals surface area contributed by atoms with Crippen LogP contribution in [0.25, 0.3) is 0 Å². The lowest BCUT2D eigenvalue weighted by atomic mass is 9.95. The van der Waals surface area contributed by atoms with Crippen LogP contribution < -0.4 is 5.32 Å². The van der Waals surface area contributed by atoms with Crippen molar-refractivity contribution in [2.75, 3.05) is 5.32 Å². The molecule has 0 bridgehead atoms. The van der Waals surface area contributed by atoms with E-state index in [1.165, 1.54) is 32.1 Å². The highest BCUT2D eigenvalue weighted by atomic mass is 79.9. The van der Waals surface area contributed by atoms with Gasteiger partial charge in [0.15, 0.2) is 0 Å². The highest BCUT2D eigenvalue weighted by molar-refractivity contribution is 9.10. The van der Waals surface area contributed by atoms with Crippen LogP contribution in [0.5, 0.6) is 0 Å². The first-order valence-electron chi connectivity index (χ1n) is 6.58. The van der Waals surface area contributed by atoms with Gasteiger partial charge in [-0.3, -0.25) is 0 Å². The lowest BCUT2D eigenvalue weighted by Gasteiger charge is -2.23. The highest BCUT2D eigenvalue weighted by Gasteiger charge is 2.14. The monoisotopic (exact) mass is 297 g/mol. The zero-order chi connectivity index (χ0) is 12.1. The van der Waals surface area contributed by atoms with E-state index in [9.17, 15) is 0 Å². The number of hydrogen-bond donors (Lipinski definition) is 1. The van der Waals surface area contributed by atoms with Crippen molar-refractivity contribution < 1.29 is 0 Å². The number of nitrogens with zero attached hydrogens (tertiary/aromatic N) is 2. The molecule has 3 nitrogen and oxygen atoms in total. The predicted molar refractivity (Wildman–Crippen MR) is 74.2 cm³/mol. The van der Waals surface area contributed by atoms with Crippen molar-refractivity contribution in [3.8, 4) is 0 Å². The largest absolute Gasteiger partial charge is 0.367 e. The van der Waals surface area contributed by atoms with Crippen molar-refractivity contribution >= 4 is 21.7 Å². The van der Waals surface area contributed by atoms with Crippen LogP contribution in [-0.4, -0.2) is 16.0 Å². The van der Waals surface area contributed by atoms with E-state index in [1.807, 2.05) is 6.07 Å². The molecule has 1 aromatic heterocycles. The molecule has 2 rings (SSSR count). The Hall–Kier alpha value is -0.640. The quantitative estimate of drug-likeness (QED) is 0.856. The van der Waals surface area contributed by atoms with E-state index in [0.29, 0.717) is 6.04 Å². The Balaban J connectivity index is 2.03. The Morgan fingerprint density at radius 3 is 2.76 bits per heavy atom. The van der Waals surface area contributed by atoms with Gasteiger partial charge in [0.25, 0.3) is 0 Å². The molecular formula is C13H20BrN3. The number of nitrogens with one attached hydrogen (secondary N) is 1. The summed E-state index contributed by atoms with van der Waals surface area (Å²) in [5.74, 6) is 1.91. The first-order chi connectivity index (χ1) is 8.28. The van der Waals surface area contributed by atoms with Crippen molar-refractivity contribution in [1.29, 1.82) is 0 Å². The molecule has 0 aliphatic heterocycles. The Morgan fingerprint density at radius 1 is 1.29 bits per heavy atom. The normalized spacial score (nSPS) is 17.1. The van der Waals surface area contributed by atoms with E-state index in [-0.39, 0.29) is 0 Å². The molecule has 1 aliphatic rings. The second kappa shape index (κ2) is 6.34. The zero-order valence-corrected chi connectivity index (χ0v) is 12.0. The predicted octanol–water partition coefficient (Wildman–Crippen LogP) is 3.94. The van der Waals surface area contributed by atoms with Gasteiger partial charge in [-0.1, -0.05) is 26.2 Å². The fraction of sp³-hybridized carbons (Fsp3) is 0.692.